The van der Waals surface area contributed by atoms with E-state index in [1.807, 2.05) is 0 Å². The first-order chi connectivity index (χ1) is 13.9. The van der Waals surface area contributed by atoms with Gasteiger partial charge in [0.05, 0.1) is 36.0 Å². The van der Waals surface area contributed by atoms with Crippen molar-refractivity contribution in [2.45, 2.75) is 76.7 Å². The van der Waals surface area contributed by atoms with Gasteiger partial charge in [-0.05, 0) is 86.0 Å². The van der Waals surface area contributed by atoms with Crippen LogP contribution in [0.4, 0.5) is 0 Å². The van der Waals surface area contributed by atoms with Gasteiger partial charge in [0.1, 0.15) is 6.61 Å². The Morgan fingerprint density at radius 3 is 2.55 bits per heavy atom. The maximum Gasteiger partial charge on any atom is 0.175 e. The quantitative estimate of drug-likeness (QED) is 0.533. The highest BCUT2D eigenvalue weighted by molar-refractivity contribution is 9.10. The smallest absolute Gasteiger partial charge is 0.175 e. The summed E-state index contributed by atoms with van der Waals surface area (Å²) in [7, 11) is 1.72. The lowest BCUT2D eigenvalue weighted by atomic mass is 9.85. The van der Waals surface area contributed by atoms with Crippen LogP contribution in [0.3, 0.4) is 0 Å². The number of nitrogens with zero attached hydrogens (tertiary/aromatic N) is 1. The van der Waals surface area contributed by atoms with Crippen LogP contribution in [0.15, 0.2) is 10.5 Å². The van der Waals surface area contributed by atoms with Gasteiger partial charge in [-0.25, -0.2) is 0 Å². The van der Waals surface area contributed by atoms with E-state index in [1.165, 1.54) is 24.0 Å². The van der Waals surface area contributed by atoms with E-state index >= 15 is 0 Å². The summed E-state index contributed by atoms with van der Waals surface area (Å²) in [4.78, 5) is 2.58. The molecule has 2 atom stereocenters. The molecule has 162 valence electrons. The van der Waals surface area contributed by atoms with Gasteiger partial charge >= 0.3 is 0 Å². The van der Waals surface area contributed by atoms with Crippen LogP contribution in [-0.2, 0) is 15.9 Å². The maximum atomic E-state index is 6.27. The Balaban J connectivity index is 1.48. The molecule has 1 saturated carbocycles. The highest BCUT2D eigenvalue weighted by Crippen LogP contribution is 2.47. The van der Waals surface area contributed by atoms with E-state index in [0.717, 1.165) is 48.3 Å². The van der Waals surface area contributed by atoms with E-state index in [4.69, 9.17) is 18.9 Å². The minimum absolute atomic E-state index is 0.0904. The molecule has 0 bridgehead atoms. The van der Waals surface area contributed by atoms with Crippen LogP contribution < -0.4 is 9.47 Å². The highest BCUT2D eigenvalue weighted by Gasteiger charge is 2.37. The number of piperidine rings is 1. The average Bonchev–Trinajstić information content (AvgIpc) is 3.49. The molecule has 0 radical (unpaired) electrons. The molecule has 2 unspecified atom stereocenters. The van der Waals surface area contributed by atoms with Gasteiger partial charge in [0, 0.05) is 19.1 Å². The zero-order chi connectivity index (χ0) is 20.6. The molecule has 6 heteroatoms. The van der Waals surface area contributed by atoms with Gasteiger partial charge in [-0.3, -0.25) is 4.90 Å². The van der Waals surface area contributed by atoms with Crippen molar-refractivity contribution >= 4 is 15.9 Å². The zero-order valence-corrected chi connectivity index (χ0v) is 19.7. The number of rotatable bonds is 7. The lowest BCUT2D eigenvalue weighted by Crippen LogP contribution is -2.47. The predicted octanol–water partition coefficient (Wildman–Crippen LogP) is 4.89. The summed E-state index contributed by atoms with van der Waals surface area (Å²) < 4.78 is 24.8. The Hall–Kier alpha value is -0.820. The summed E-state index contributed by atoms with van der Waals surface area (Å²) in [6.45, 7) is 9.65. The van der Waals surface area contributed by atoms with E-state index in [-0.39, 0.29) is 5.60 Å². The molecule has 0 amide bonds. The molecule has 0 N–H and O–H groups in total. The largest absolute Gasteiger partial charge is 0.493 e. The van der Waals surface area contributed by atoms with Crippen molar-refractivity contribution < 1.29 is 18.9 Å². The van der Waals surface area contributed by atoms with Gasteiger partial charge in [0.2, 0.25) is 0 Å². The second-order valence-electron chi connectivity index (χ2n) is 9.40. The third kappa shape index (κ3) is 5.09. The summed E-state index contributed by atoms with van der Waals surface area (Å²) in [5.74, 6) is 1.61. The first-order valence-electron chi connectivity index (χ1n) is 10.9. The lowest BCUT2D eigenvalue weighted by Gasteiger charge is -2.45. The highest BCUT2D eigenvalue weighted by atomic mass is 79.9. The molecular weight excluding hydrogens is 434 g/mol. The SMILES string of the molecule is COc1cc2c(c(Br)c1OCCOC1CC1)CCN1CC(OC(C)(C)C)CCC21. The Bertz CT molecular complexity index is 729. The standard InChI is InChI=1S/C23H34BrNO4/c1-23(2,3)29-16-7-8-19-18-13-20(26-4)22(28-12-11-27-15-5-6-15)21(24)17(18)9-10-25(19)14-16/h13,15-16,19H,5-12,14H2,1-4H3. The van der Waals surface area contributed by atoms with Crippen molar-refractivity contribution in [1.29, 1.82) is 0 Å². The van der Waals surface area contributed by atoms with Crippen LogP contribution in [0.2, 0.25) is 0 Å². The normalized spacial score (nSPS) is 24.7. The first kappa shape index (κ1) is 21.4. The molecule has 2 heterocycles. The lowest BCUT2D eigenvalue weighted by molar-refractivity contribution is -0.0971. The number of ether oxygens (including phenoxy) is 4. The van der Waals surface area contributed by atoms with Crippen molar-refractivity contribution in [3.05, 3.63) is 21.7 Å². The predicted molar refractivity (Wildman–Crippen MR) is 117 cm³/mol. The Morgan fingerprint density at radius 1 is 1.10 bits per heavy atom. The first-order valence-corrected chi connectivity index (χ1v) is 11.7. The molecule has 1 aromatic carbocycles. The molecule has 2 aliphatic heterocycles. The number of benzene rings is 1. The third-order valence-corrected chi connectivity index (χ3v) is 6.76. The van der Waals surface area contributed by atoms with E-state index in [0.29, 0.717) is 31.5 Å². The fraction of sp³-hybridized carbons (Fsp3) is 0.739. The van der Waals surface area contributed by atoms with Crippen LogP contribution in [0.5, 0.6) is 11.5 Å². The molecule has 0 spiro atoms. The van der Waals surface area contributed by atoms with Crippen LogP contribution in [-0.4, -0.2) is 56.1 Å². The molecule has 1 aliphatic carbocycles. The monoisotopic (exact) mass is 467 g/mol. The van der Waals surface area contributed by atoms with Crippen molar-refractivity contribution in [2.24, 2.45) is 0 Å². The molecule has 0 aromatic heterocycles. The van der Waals surface area contributed by atoms with Crippen molar-refractivity contribution in [1.82, 2.24) is 4.90 Å². The molecule has 3 aliphatic rings. The van der Waals surface area contributed by atoms with Gasteiger partial charge in [-0.2, -0.15) is 0 Å². The summed E-state index contributed by atoms with van der Waals surface area (Å²) in [6, 6.07) is 2.62. The molecule has 2 fully saturated rings. The summed E-state index contributed by atoms with van der Waals surface area (Å²) in [6.07, 6.45) is 6.35. The molecule has 4 rings (SSSR count). The second kappa shape index (κ2) is 8.74. The van der Waals surface area contributed by atoms with E-state index in [9.17, 15) is 0 Å². The number of halogens is 1. The summed E-state index contributed by atoms with van der Waals surface area (Å²) in [5.41, 5.74) is 2.64. The van der Waals surface area contributed by atoms with E-state index in [2.05, 4.69) is 47.7 Å². The minimum Gasteiger partial charge on any atom is -0.493 e. The fourth-order valence-electron chi connectivity index (χ4n) is 4.55. The molecule has 5 nitrogen and oxygen atoms in total. The molecular formula is C23H34BrNO4. The van der Waals surface area contributed by atoms with Crippen LogP contribution in [0.25, 0.3) is 0 Å². The van der Waals surface area contributed by atoms with E-state index < -0.39 is 0 Å². The Kier molecular flexibility index (Phi) is 6.45. The summed E-state index contributed by atoms with van der Waals surface area (Å²) in [5, 5.41) is 0. The Morgan fingerprint density at radius 2 is 1.86 bits per heavy atom. The molecule has 29 heavy (non-hydrogen) atoms. The van der Waals surface area contributed by atoms with Gasteiger partial charge in [0.15, 0.2) is 11.5 Å². The van der Waals surface area contributed by atoms with Gasteiger partial charge in [-0.15, -0.1) is 0 Å². The van der Waals surface area contributed by atoms with Gasteiger partial charge in [-0.1, -0.05) is 0 Å². The fourth-order valence-corrected chi connectivity index (χ4v) is 5.29. The third-order valence-electron chi connectivity index (χ3n) is 5.92. The number of hydrogen-bond acceptors (Lipinski definition) is 5. The Labute approximate surface area is 183 Å². The average molecular weight is 468 g/mol. The topological polar surface area (TPSA) is 40.2 Å². The number of fused-ring (bicyclic) bond motifs is 3. The molecule has 1 aromatic rings. The summed E-state index contributed by atoms with van der Waals surface area (Å²) >= 11 is 3.83. The number of hydrogen-bond donors (Lipinski definition) is 0. The van der Waals surface area contributed by atoms with E-state index in [1.54, 1.807) is 7.11 Å². The van der Waals surface area contributed by atoms with Crippen molar-refractivity contribution in [3.63, 3.8) is 0 Å². The van der Waals surface area contributed by atoms with Crippen LogP contribution in [0, 0.1) is 0 Å². The number of methoxy groups -OCH3 is 1. The van der Waals surface area contributed by atoms with Crippen molar-refractivity contribution in [2.75, 3.05) is 33.4 Å². The van der Waals surface area contributed by atoms with Gasteiger partial charge in [0.25, 0.3) is 0 Å². The van der Waals surface area contributed by atoms with Gasteiger partial charge < -0.3 is 18.9 Å². The maximum absolute atomic E-state index is 6.27. The van der Waals surface area contributed by atoms with Crippen LogP contribution in [0.1, 0.15) is 63.6 Å². The minimum atomic E-state index is -0.0904. The molecule has 1 saturated heterocycles. The van der Waals surface area contributed by atoms with Crippen molar-refractivity contribution in [3.8, 4) is 11.5 Å². The van der Waals surface area contributed by atoms with Crippen LogP contribution >= 0.6 is 15.9 Å². The second-order valence-corrected chi connectivity index (χ2v) is 10.2. The zero-order valence-electron chi connectivity index (χ0n) is 18.1.